The molecular weight excluding hydrogens is 318 g/mol. The Balaban J connectivity index is 1.46. The van der Waals surface area contributed by atoms with Crippen molar-refractivity contribution in [1.29, 1.82) is 0 Å². The summed E-state index contributed by atoms with van der Waals surface area (Å²) in [5.41, 5.74) is 0.786. The van der Waals surface area contributed by atoms with Crippen LogP contribution >= 0.6 is 0 Å². The maximum absolute atomic E-state index is 12.4. The van der Waals surface area contributed by atoms with Crippen LogP contribution in [-0.2, 0) is 9.59 Å². The van der Waals surface area contributed by atoms with Crippen molar-refractivity contribution in [1.82, 2.24) is 10.2 Å². The van der Waals surface area contributed by atoms with E-state index >= 15 is 0 Å². The van der Waals surface area contributed by atoms with E-state index in [1.807, 2.05) is 24.3 Å². The second kappa shape index (κ2) is 8.34. The molecule has 1 N–H and O–H groups in total. The largest absolute Gasteiger partial charge is 0.497 e. The number of carbonyl (C=O) groups is 2. The zero-order chi connectivity index (χ0) is 17.6. The molecule has 0 aromatic heterocycles. The van der Waals surface area contributed by atoms with Gasteiger partial charge >= 0.3 is 0 Å². The highest BCUT2D eigenvalue weighted by atomic mass is 16.5. The second-order valence-corrected chi connectivity index (χ2v) is 6.80. The van der Waals surface area contributed by atoms with E-state index < -0.39 is 0 Å². The average molecular weight is 345 g/mol. The third-order valence-corrected chi connectivity index (χ3v) is 5.01. The molecule has 1 atom stereocenters. The Labute approximate surface area is 149 Å². The SMILES string of the molecule is COc1cccc(N2C[C@H](C(=O)NCCCN3CCCC3)CC2=O)c1. The Morgan fingerprint density at radius 3 is 2.88 bits per heavy atom. The first-order valence-electron chi connectivity index (χ1n) is 9.12. The van der Waals surface area contributed by atoms with E-state index in [0.29, 0.717) is 18.8 Å². The van der Waals surface area contributed by atoms with Crippen LogP contribution in [0, 0.1) is 5.92 Å². The zero-order valence-corrected chi connectivity index (χ0v) is 14.9. The van der Waals surface area contributed by atoms with E-state index in [-0.39, 0.29) is 24.2 Å². The maximum Gasteiger partial charge on any atom is 0.227 e. The number of amides is 2. The molecule has 0 radical (unpaired) electrons. The smallest absolute Gasteiger partial charge is 0.227 e. The molecule has 0 bridgehead atoms. The summed E-state index contributed by atoms with van der Waals surface area (Å²) in [5.74, 6) is 0.413. The zero-order valence-electron chi connectivity index (χ0n) is 14.9. The number of carbonyl (C=O) groups excluding carboxylic acids is 2. The van der Waals surface area contributed by atoms with Crippen LogP contribution in [-0.4, -0.2) is 56.5 Å². The molecule has 0 spiro atoms. The van der Waals surface area contributed by atoms with Gasteiger partial charge < -0.3 is 19.9 Å². The van der Waals surface area contributed by atoms with E-state index in [1.165, 1.54) is 25.9 Å². The number of anilines is 1. The number of ether oxygens (including phenoxy) is 1. The minimum absolute atomic E-state index is 0.00882. The van der Waals surface area contributed by atoms with Crippen LogP contribution in [0.1, 0.15) is 25.7 Å². The number of hydrogen-bond donors (Lipinski definition) is 1. The highest BCUT2D eigenvalue weighted by Crippen LogP contribution is 2.27. The van der Waals surface area contributed by atoms with Crippen molar-refractivity contribution in [2.75, 3.05) is 44.7 Å². The molecule has 2 fully saturated rings. The van der Waals surface area contributed by atoms with E-state index in [1.54, 1.807) is 12.0 Å². The van der Waals surface area contributed by atoms with Gasteiger partial charge in [-0.15, -0.1) is 0 Å². The summed E-state index contributed by atoms with van der Waals surface area (Å²) in [6, 6.07) is 7.40. The third-order valence-electron chi connectivity index (χ3n) is 5.01. The van der Waals surface area contributed by atoms with Gasteiger partial charge in [-0.3, -0.25) is 9.59 Å². The first kappa shape index (κ1) is 17.7. The lowest BCUT2D eigenvalue weighted by molar-refractivity contribution is -0.126. The molecule has 1 aromatic carbocycles. The number of likely N-dealkylation sites (tertiary alicyclic amines) is 1. The molecule has 6 nitrogen and oxygen atoms in total. The van der Waals surface area contributed by atoms with E-state index in [2.05, 4.69) is 10.2 Å². The molecule has 1 aromatic rings. The quantitative estimate of drug-likeness (QED) is 0.764. The van der Waals surface area contributed by atoms with Gasteiger partial charge in [0.25, 0.3) is 0 Å². The number of methoxy groups -OCH3 is 1. The summed E-state index contributed by atoms with van der Waals surface area (Å²) in [7, 11) is 1.60. The van der Waals surface area contributed by atoms with E-state index in [0.717, 1.165) is 18.7 Å². The molecular formula is C19H27N3O3. The van der Waals surface area contributed by atoms with Gasteiger partial charge in [0.15, 0.2) is 0 Å². The van der Waals surface area contributed by atoms with Crippen molar-refractivity contribution < 1.29 is 14.3 Å². The van der Waals surface area contributed by atoms with Gasteiger partial charge in [-0.05, 0) is 51.0 Å². The molecule has 2 aliphatic rings. The summed E-state index contributed by atoms with van der Waals surface area (Å²) < 4.78 is 5.21. The van der Waals surface area contributed by atoms with Gasteiger partial charge in [-0.25, -0.2) is 0 Å². The second-order valence-electron chi connectivity index (χ2n) is 6.80. The minimum atomic E-state index is -0.273. The van der Waals surface area contributed by atoms with Gasteiger partial charge in [0, 0.05) is 31.3 Å². The van der Waals surface area contributed by atoms with E-state index in [4.69, 9.17) is 4.74 Å². The molecule has 6 heteroatoms. The number of nitrogens with zero attached hydrogens (tertiary/aromatic N) is 2. The molecule has 2 saturated heterocycles. The molecule has 2 amide bonds. The Bertz CT molecular complexity index is 614. The number of rotatable bonds is 7. The molecule has 2 heterocycles. The first-order chi connectivity index (χ1) is 12.2. The van der Waals surface area contributed by atoms with Crippen molar-refractivity contribution in [3.63, 3.8) is 0 Å². The molecule has 2 aliphatic heterocycles. The fraction of sp³-hybridized carbons (Fsp3) is 0.579. The topological polar surface area (TPSA) is 61.9 Å². The summed E-state index contributed by atoms with van der Waals surface area (Å²) in [6.45, 7) is 4.52. The summed E-state index contributed by atoms with van der Waals surface area (Å²) in [4.78, 5) is 28.8. The highest BCUT2D eigenvalue weighted by molar-refractivity contribution is 6.00. The molecule has 0 saturated carbocycles. The summed E-state index contributed by atoms with van der Waals surface area (Å²) in [6.07, 6.45) is 3.81. The van der Waals surface area contributed by atoms with Crippen LogP contribution < -0.4 is 15.0 Å². The van der Waals surface area contributed by atoms with E-state index in [9.17, 15) is 9.59 Å². The summed E-state index contributed by atoms with van der Waals surface area (Å²) >= 11 is 0. The highest BCUT2D eigenvalue weighted by Gasteiger charge is 2.35. The first-order valence-corrected chi connectivity index (χ1v) is 9.12. The molecule has 0 aliphatic carbocycles. The molecule has 3 rings (SSSR count). The lowest BCUT2D eigenvalue weighted by Crippen LogP contribution is -2.34. The molecule has 136 valence electrons. The third kappa shape index (κ3) is 4.51. The fourth-order valence-corrected chi connectivity index (χ4v) is 3.58. The predicted molar refractivity (Wildman–Crippen MR) is 96.8 cm³/mol. The molecule has 0 unspecified atom stereocenters. The van der Waals surface area contributed by atoms with Gasteiger partial charge in [-0.2, -0.15) is 0 Å². The normalized spacial score (nSPS) is 20.9. The van der Waals surface area contributed by atoms with Crippen LogP contribution in [0.4, 0.5) is 5.69 Å². The van der Waals surface area contributed by atoms with Crippen molar-refractivity contribution in [3.8, 4) is 5.75 Å². The van der Waals surface area contributed by atoms with Crippen LogP contribution in [0.3, 0.4) is 0 Å². The Hall–Kier alpha value is -2.08. The van der Waals surface area contributed by atoms with Crippen LogP contribution in [0.5, 0.6) is 5.75 Å². The summed E-state index contributed by atoms with van der Waals surface area (Å²) in [5, 5.41) is 2.99. The van der Waals surface area contributed by atoms with Gasteiger partial charge in [0.05, 0.1) is 13.0 Å². The van der Waals surface area contributed by atoms with Crippen LogP contribution in [0.25, 0.3) is 0 Å². The van der Waals surface area contributed by atoms with Crippen molar-refractivity contribution >= 4 is 17.5 Å². The van der Waals surface area contributed by atoms with Crippen LogP contribution in [0.15, 0.2) is 24.3 Å². The minimum Gasteiger partial charge on any atom is -0.497 e. The van der Waals surface area contributed by atoms with Gasteiger partial charge in [0.2, 0.25) is 11.8 Å². The standard InChI is InChI=1S/C19H27N3O3/c1-25-17-7-4-6-16(13-17)22-14-15(12-18(22)23)19(24)20-8-5-11-21-9-2-3-10-21/h4,6-7,13,15H,2-3,5,8-12,14H2,1H3,(H,20,24)/t15-/m1/s1. The molecule has 25 heavy (non-hydrogen) atoms. The maximum atomic E-state index is 12.4. The Kier molecular flexibility index (Phi) is 5.91. The predicted octanol–water partition coefficient (Wildman–Crippen LogP) is 1.65. The lowest BCUT2D eigenvalue weighted by atomic mass is 10.1. The van der Waals surface area contributed by atoms with Gasteiger partial charge in [-0.1, -0.05) is 6.07 Å². The monoisotopic (exact) mass is 345 g/mol. The number of benzene rings is 1. The van der Waals surface area contributed by atoms with Gasteiger partial charge in [0.1, 0.15) is 5.75 Å². The van der Waals surface area contributed by atoms with Crippen molar-refractivity contribution in [3.05, 3.63) is 24.3 Å². The number of nitrogens with one attached hydrogen (secondary N) is 1. The lowest BCUT2D eigenvalue weighted by Gasteiger charge is -2.18. The van der Waals surface area contributed by atoms with Crippen molar-refractivity contribution in [2.45, 2.75) is 25.7 Å². The fourth-order valence-electron chi connectivity index (χ4n) is 3.58. The number of hydrogen-bond acceptors (Lipinski definition) is 4. The average Bonchev–Trinajstić information content (AvgIpc) is 3.28. The Morgan fingerprint density at radius 2 is 2.12 bits per heavy atom. The Morgan fingerprint density at radius 1 is 1.32 bits per heavy atom. The van der Waals surface area contributed by atoms with Crippen molar-refractivity contribution in [2.24, 2.45) is 5.92 Å². The van der Waals surface area contributed by atoms with Crippen LogP contribution in [0.2, 0.25) is 0 Å².